The van der Waals surface area contributed by atoms with Crippen LogP contribution in [0.2, 0.25) is 0 Å². The van der Waals surface area contributed by atoms with Gasteiger partial charge in [-0.15, -0.1) is 0 Å². The van der Waals surface area contributed by atoms with Crippen molar-refractivity contribution in [1.29, 1.82) is 0 Å². The fraction of sp³-hybridized carbons (Fsp3) is 0.350. The highest BCUT2D eigenvalue weighted by atomic mass is 15.2. The minimum atomic E-state index is 0.788. The van der Waals surface area contributed by atoms with Gasteiger partial charge < -0.3 is 10.1 Å². The molecular formula is C20H24N4. The summed E-state index contributed by atoms with van der Waals surface area (Å²) in [5, 5.41) is 0. The number of nitrogens with zero attached hydrogens (tertiary/aromatic N) is 3. The molecule has 1 aliphatic rings. The van der Waals surface area contributed by atoms with Crippen LogP contribution in [-0.4, -0.2) is 27.4 Å². The number of aromatic nitrogens is 2. The Labute approximate surface area is 142 Å². The Kier molecular flexibility index (Phi) is 3.98. The van der Waals surface area contributed by atoms with Gasteiger partial charge in [0.2, 0.25) is 0 Å². The van der Waals surface area contributed by atoms with Crippen molar-refractivity contribution in [3.63, 3.8) is 0 Å². The summed E-state index contributed by atoms with van der Waals surface area (Å²) in [7, 11) is 0. The summed E-state index contributed by atoms with van der Waals surface area (Å²) in [6.45, 7) is 5.44. The van der Waals surface area contributed by atoms with Gasteiger partial charge in [0.25, 0.3) is 0 Å². The summed E-state index contributed by atoms with van der Waals surface area (Å²) >= 11 is 0. The molecule has 2 aromatic heterocycles. The quantitative estimate of drug-likeness (QED) is 0.745. The molecule has 1 saturated heterocycles. The van der Waals surface area contributed by atoms with Crippen LogP contribution in [0.5, 0.6) is 0 Å². The van der Waals surface area contributed by atoms with Gasteiger partial charge in [-0.2, -0.15) is 0 Å². The second-order valence-corrected chi connectivity index (χ2v) is 6.80. The SMILES string of the molecule is Cc1ccc2nc(-c3ccc(N)cc3)c(CN3CCCCC3)n2c1. The molecule has 0 amide bonds. The van der Waals surface area contributed by atoms with Crippen LogP contribution in [-0.2, 0) is 6.54 Å². The van der Waals surface area contributed by atoms with E-state index in [2.05, 4.69) is 46.7 Å². The lowest BCUT2D eigenvalue weighted by atomic mass is 10.1. The lowest BCUT2D eigenvalue weighted by molar-refractivity contribution is 0.218. The third-order valence-corrected chi connectivity index (χ3v) is 4.87. The van der Waals surface area contributed by atoms with Crippen molar-refractivity contribution in [2.45, 2.75) is 32.7 Å². The van der Waals surface area contributed by atoms with Crippen molar-refractivity contribution in [2.75, 3.05) is 18.8 Å². The zero-order valence-electron chi connectivity index (χ0n) is 14.2. The highest BCUT2D eigenvalue weighted by Crippen LogP contribution is 2.27. The standard InChI is InChI=1S/C20H24N4/c1-15-5-10-19-22-20(16-6-8-17(21)9-7-16)18(24(19)13-15)14-23-11-3-2-4-12-23/h5-10,13H,2-4,11-12,14,21H2,1H3. The molecule has 4 rings (SSSR count). The first kappa shape index (κ1) is 15.2. The summed E-state index contributed by atoms with van der Waals surface area (Å²) < 4.78 is 2.26. The molecule has 0 unspecified atom stereocenters. The average Bonchev–Trinajstić information content (AvgIpc) is 2.94. The molecule has 3 heterocycles. The molecular weight excluding hydrogens is 296 g/mol. The fourth-order valence-electron chi connectivity index (χ4n) is 3.55. The molecule has 4 heteroatoms. The first-order valence-corrected chi connectivity index (χ1v) is 8.76. The van der Waals surface area contributed by atoms with Crippen molar-refractivity contribution in [2.24, 2.45) is 0 Å². The van der Waals surface area contributed by atoms with Crippen LogP contribution in [0, 0.1) is 6.92 Å². The monoisotopic (exact) mass is 320 g/mol. The van der Waals surface area contributed by atoms with Gasteiger partial charge >= 0.3 is 0 Å². The third kappa shape index (κ3) is 2.89. The van der Waals surface area contributed by atoms with Crippen molar-refractivity contribution >= 4 is 11.3 Å². The Bertz CT molecular complexity index is 842. The molecule has 0 atom stereocenters. The molecule has 2 N–H and O–H groups in total. The molecule has 0 spiro atoms. The van der Waals surface area contributed by atoms with Crippen LogP contribution < -0.4 is 5.73 Å². The van der Waals surface area contributed by atoms with Crippen molar-refractivity contribution in [3.05, 3.63) is 53.9 Å². The number of hydrogen-bond donors (Lipinski definition) is 1. The topological polar surface area (TPSA) is 46.6 Å². The Morgan fingerprint density at radius 2 is 1.75 bits per heavy atom. The zero-order valence-corrected chi connectivity index (χ0v) is 14.2. The van der Waals surface area contributed by atoms with Crippen molar-refractivity contribution in [3.8, 4) is 11.3 Å². The molecule has 0 aliphatic carbocycles. The Balaban J connectivity index is 1.81. The van der Waals surface area contributed by atoms with E-state index in [1.807, 2.05) is 12.1 Å². The second kappa shape index (κ2) is 6.29. The number of piperidine rings is 1. The maximum atomic E-state index is 5.85. The Morgan fingerprint density at radius 1 is 1.00 bits per heavy atom. The van der Waals surface area contributed by atoms with Crippen LogP contribution >= 0.6 is 0 Å². The predicted octanol–water partition coefficient (Wildman–Crippen LogP) is 3.88. The van der Waals surface area contributed by atoms with E-state index >= 15 is 0 Å². The summed E-state index contributed by atoms with van der Waals surface area (Å²) in [5.41, 5.74) is 12.4. The maximum Gasteiger partial charge on any atom is 0.137 e. The van der Waals surface area contributed by atoms with E-state index in [0.717, 1.165) is 29.1 Å². The van der Waals surface area contributed by atoms with E-state index in [1.54, 1.807) is 0 Å². The van der Waals surface area contributed by atoms with Crippen LogP contribution in [0.15, 0.2) is 42.6 Å². The normalized spacial score (nSPS) is 15.9. The highest BCUT2D eigenvalue weighted by molar-refractivity contribution is 5.68. The summed E-state index contributed by atoms with van der Waals surface area (Å²) in [5.74, 6) is 0. The van der Waals surface area contributed by atoms with E-state index in [9.17, 15) is 0 Å². The molecule has 124 valence electrons. The molecule has 1 fully saturated rings. The number of fused-ring (bicyclic) bond motifs is 1. The largest absolute Gasteiger partial charge is 0.399 e. The van der Waals surface area contributed by atoms with Crippen LogP contribution in [0.1, 0.15) is 30.5 Å². The minimum absolute atomic E-state index is 0.788. The van der Waals surface area contributed by atoms with Gasteiger partial charge in [-0.3, -0.25) is 4.90 Å². The van der Waals surface area contributed by atoms with Gasteiger partial charge in [0, 0.05) is 24.0 Å². The number of benzene rings is 1. The third-order valence-electron chi connectivity index (χ3n) is 4.87. The first-order chi connectivity index (χ1) is 11.7. The number of nitrogen functional groups attached to an aromatic ring is 1. The fourth-order valence-corrected chi connectivity index (χ4v) is 3.55. The lowest BCUT2D eigenvalue weighted by Gasteiger charge is -2.26. The van der Waals surface area contributed by atoms with Crippen LogP contribution in [0.25, 0.3) is 16.9 Å². The van der Waals surface area contributed by atoms with Gasteiger partial charge in [-0.25, -0.2) is 4.98 Å². The predicted molar refractivity (Wildman–Crippen MR) is 98.9 cm³/mol. The highest BCUT2D eigenvalue weighted by Gasteiger charge is 2.18. The van der Waals surface area contributed by atoms with Crippen LogP contribution in [0.4, 0.5) is 5.69 Å². The number of likely N-dealkylation sites (tertiary alicyclic amines) is 1. The summed E-state index contributed by atoms with van der Waals surface area (Å²) in [4.78, 5) is 7.47. The minimum Gasteiger partial charge on any atom is -0.399 e. The molecule has 1 aliphatic heterocycles. The van der Waals surface area contributed by atoms with E-state index < -0.39 is 0 Å². The van der Waals surface area contributed by atoms with Gasteiger partial charge in [0.1, 0.15) is 5.65 Å². The maximum absolute atomic E-state index is 5.85. The van der Waals surface area contributed by atoms with Crippen LogP contribution in [0.3, 0.4) is 0 Å². The number of imidazole rings is 1. The number of rotatable bonds is 3. The smallest absolute Gasteiger partial charge is 0.137 e. The van der Waals surface area contributed by atoms with Gasteiger partial charge in [-0.1, -0.05) is 24.6 Å². The molecule has 3 aromatic rings. The zero-order chi connectivity index (χ0) is 16.5. The van der Waals surface area contributed by atoms with Crippen molar-refractivity contribution in [1.82, 2.24) is 14.3 Å². The first-order valence-electron chi connectivity index (χ1n) is 8.76. The Morgan fingerprint density at radius 3 is 2.50 bits per heavy atom. The van der Waals surface area contributed by atoms with Gasteiger partial charge in [0.05, 0.1) is 11.4 Å². The molecule has 0 bridgehead atoms. The van der Waals surface area contributed by atoms with Crippen molar-refractivity contribution < 1.29 is 0 Å². The van der Waals surface area contributed by atoms with E-state index in [-0.39, 0.29) is 0 Å². The molecule has 0 radical (unpaired) electrons. The van der Waals surface area contributed by atoms with E-state index in [0.29, 0.717) is 0 Å². The molecule has 0 saturated carbocycles. The number of nitrogens with two attached hydrogens (primary N) is 1. The Hall–Kier alpha value is -2.33. The average molecular weight is 320 g/mol. The van der Waals surface area contributed by atoms with Gasteiger partial charge in [-0.05, 0) is 56.6 Å². The molecule has 1 aromatic carbocycles. The lowest BCUT2D eigenvalue weighted by Crippen LogP contribution is -2.29. The number of aryl methyl sites for hydroxylation is 1. The second-order valence-electron chi connectivity index (χ2n) is 6.80. The van der Waals surface area contributed by atoms with Gasteiger partial charge in [0.15, 0.2) is 0 Å². The number of anilines is 1. The number of pyridine rings is 1. The summed E-state index contributed by atoms with van der Waals surface area (Å²) in [6.07, 6.45) is 6.15. The molecule has 24 heavy (non-hydrogen) atoms. The summed E-state index contributed by atoms with van der Waals surface area (Å²) in [6, 6.07) is 12.3. The van der Waals surface area contributed by atoms with E-state index in [1.165, 1.54) is 43.6 Å². The molecule has 4 nitrogen and oxygen atoms in total. The number of hydrogen-bond acceptors (Lipinski definition) is 3. The van der Waals surface area contributed by atoms with E-state index in [4.69, 9.17) is 10.7 Å².